The second kappa shape index (κ2) is 10.2. The fourth-order valence-corrected chi connectivity index (χ4v) is 1.60. The third-order valence-corrected chi connectivity index (χ3v) is 2.53. The van der Waals surface area contributed by atoms with Crippen molar-refractivity contribution in [3.63, 3.8) is 0 Å². The Balaban J connectivity index is 0.00000361. The summed E-state index contributed by atoms with van der Waals surface area (Å²) in [5, 5.41) is 5.29. The number of nitrogens with two attached hydrogens (primary N) is 1. The van der Waals surface area contributed by atoms with Crippen LogP contribution in [0.1, 0.15) is 18.9 Å². The van der Waals surface area contributed by atoms with Gasteiger partial charge < -0.3 is 16.4 Å². The van der Waals surface area contributed by atoms with E-state index in [9.17, 15) is 9.59 Å². The van der Waals surface area contributed by atoms with Crippen LogP contribution in [0.25, 0.3) is 0 Å². The molecule has 0 fully saturated rings. The summed E-state index contributed by atoms with van der Waals surface area (Å²) in [7, 11) is 0. The van der Waals surface area contributed by atoms with Crippen LogP contribution < -0.4 is 16.4 Å². The largest absolute Gasteiger partial charge is 0.354 e. The lowest BCUT2D eigenvalue weighted by Gasteiger charge is -2.08. The van der Waals surface area contributed by atoms with Gasteiger partial charge in [-0.05, 0) is 18.9 Å². The molecule has 4 N–H and O–H groups in total. The van der Waals surface area contributed by atoms with Crippen molar-refractivity contribution in [1.29, 1.82) is 0 Å². The molecule has 6 heteroatoms. The first-order chi connectivity index (χ1) is 9.08. The van der Waals surface area contributed by atoms with Gasteiger partial charge in [-0.15, -0.1) is 12.4 Å². The van der Waals surface area contributed by atoms with Gasteiger partial charge in [0.1, 0.15) is 0 Å². The van der Waals surface area contributed by atoms with Crippen molar-refractivity contribution >= 4 is 24.2 Å². The number of nitrogens with one attached hydrogen (secondary N) is 2. The average Bonchev–Trinajstić information content (AvgIpc) is 2.37. The molecule has 0 aliphatic carbocycles. The Morgan fingerprint density at radius 2 is 1.80 bits per heavy atom. The molecule has 112 valence electrons. The fourth-order valence-electron chi connectivity index (χ4n) is 1.60. The Morgan fingerprint density at radius 3 is 2.40 bits per heavy atom. The number of hydrogen-bond acceptors (Lipinski definition) is 3. The first-order valence-corrected chi connectivity index (χ1v) is 6.41. The molecule has 0 spiro atoms. The summed E-state index contributed by atoms with van der Waals surface area (Å²) in [5.74, 6) is -0.387. The minimum atomic E-state index is -0.201. The highest BCUT2D eigenvalue weighted by Crippen LogP contribution is 1.97. The highest BCUT2D eigenvalue weighted by atomic mass is 35.5. The normalized spacial score (nSPS) is 11.1. The van der Waals surface area contributed by atoms with Crippen molar-refractivity contribution in [1.82, 2.24) is 10.6 Å². The van der Waals surface area contributed by atoms with Gasteiger partial charge in [-0.2, -0.15) is 0 Å². The number of amides is 2. The minimum absolute atomic E-state index is 0. The zero-order chi connectivity index (χ0) is 14.1. The van der Waals surface area contributed by atoms with E-state index < -0.39 is 0 Å². The Kier molecular flexibility index (Phi) is 9.41. The van der Waals surface area contributed by atoms with Gasteiger partial charge in [-0.1, -0.05) is 30.3 Å². The molecule has 0 heterocycles. The van der Waals surface area contributed by atoms with Crippen molar-refractivity contribution < 1.29 is 9.59 Å². The number of carbonyl (C=O) groups is 2. The van der Waals surface area contributed by atoms with Crippen LogP contribution in [-0.4, -0.2) is 30.9 Å². The standard InChI is InChI=1S/C14H21N3O2.ClH/c1-11(15)9-13(18)17-10-14(19)16-8-7-12-5-3-2-4-6-12;/h2-6,11H,7-10,15H2,1H3,(H,16,19)(H,17,18);1H. The van der Waals surface area contributed by atoms with E-state index in [2.05, 4.69) is 10.6 Å². The lowest BCUT2D eigenvalue weighted by atomic mass is 10.1. The minimum Gasteiger partial charge on any atom is -0.354 e. The predicted octanol–water partition coefficient (Wildman–Crippen LogP) is 0.621. The zero-order valence-corrected chi connectivity index (χ0v) is 12.4. The van der Waals surface area contributed by atoms with E-state index in [-0.39, 0.29) is 43.2 Å². The number of benzene rings is 1. The molecule has 2 amide bonds. The van der Waals surface area contributed by atoms with Crippen molar-refractivity contribution in [2.45, 2.75) is 25.8 Å². The molecule has 5 nitrogen and oxygen atoms in total. The highest BCUT2D eigenvalue weighted by molar-refractivity contribution is 5.85. The van der Waals surface area contributed by atoms with E-state index in [1.165, 1.54) is 5.56 Å². The smallest absolute Gasteiger partial charge is 0.239 e. The quantitative estimate of drug-likeness (QED) is 0.690. The van der Waals surface area contributed by atoms with Crippen LogP contribution in [0.4, 0.5) is 0 Å². The topological polar surface area (TPSA) is 84.2 Å². The Labute approximate surface area is 125 Å². The lowest BCUT2D eigenvalue weighted by molar-refractivity contribution is -0.126. The number of carbonyl (C=O) groups excluding carboxylic acids is 2. The SMILES string of the molecule is CC(N)CC(=O)NCC(=O)NCCc1ccccc1.Cl. The molecule has 1 unspecified atom stereocenters. The molecule has 0 aromatic heterocycles. The molecule has 20 heavy (non-hydrogen) atoms. The summed E-state index contributed by atoms with van der Waals surface area (Å²) >= 11 is 0. The molecule has 0 radical (unpaired) electrons. The Morgan fingerprint density at radius 1 is 1.15 bits per heavy atom. The predicted molar refractivity (Wildman–Crippen MR) is 81.7 cm³/mol. The first kappa shape index (κ1) is 18.4. The summed E-state index contributed by atoms with van der Waals surface area (Å²) < 4.78 is 0. The monoisotopic (exact) mass is 299 g/mol. The third-order valence-electron chi connectivity index (χ3n) is 2.53. The van der Waals surface area contributed by atoms with Gasteiger partial charge in [-0.25, -0.2) is 0 Å². The summed E-state index contributed by atoms with van der Waals surface area (Å²) in [6.07, 6.45) is 1.01. The Bertz CT molecular complexity index is 410. The van der Waals surface area contributed by atoms with Crippen molar-refractivity contribution in [3.8, 4) is 0 Å². The Hall–Kier alpha value is -1.59. The number of halogens is 1. The van der Waals surface area contributed by atoms with Crippen LogP contribution in [0.2, 0.25) is 0 Å². The van der Waals surface area contributed by atoms with Crippen molar-refractivity contribution in [2.24, 2.45) is 5.73 Å². The molecule has 0 bridgehead atoms. The van der Waals surface area contributed by atoms with E-state index in [0.717, 1.165) is 6.42 Å². The molecule has 0 aliphatic rings. The number of hydrogen-bond donors (Lipinski definition) is 3. The highest BCUT2D eigenvalue weighted by Gasteiger charge is 2.07. The van der Waals surface area contributed by atoms with E-state index >= 15 is 0 Å². The summed E-state index contributed by atoms with van der Waals surface area (Å²) in [6.45, 7) is 2.31. The van der Waals surface area contributed by atoms with Gasteiger partial charge >= 0.3 is 0 Å². The van der Waals surface area contributed by atoms with Gasteiger partial charge in [0.15, 0.2) is 0 Å². The van der Waals surface area contributed by atoms with Crippen LogP contribution in [0, 0.1) is 0 Å². The van der Waals surface area contributed by atoms with Crippen LogP contribution in [0.15, 0.2) is 30.3 Å². The number of rotatable bonds is 7. The molecule has 0 saturated carbocycles. The third kappa shape index (κ3) is 8.50. The van der Waals surface area contributed by atoms with E-state index in [4.69, 9.17) is 5.73 Å². The fraction of sp³-hybridized carbons (Fsp3) is 0.429. The second-order valence-corrected chi connectivity index (χ2v) is 4.54. The average molecular weight is 300 g/mol. The lowest BCUT2D eigenvalue weighted by Crippen LogP contribution is -2.39. The van der Waals surface area contributed by atoms with E-state index in [1.54, 1.807) is 6.92 Å². The van der Waals surface area contributed by atoms with E-state index in [0.29, 0.717) is 6.54 Å². The van der Waals surface area contributed by atoms with Gasteiger partial charge in [0, 0.05) is 19.0 Å². The van der Waals surface area contributed by atoms with Gasteiger partial charge in [0.2, 0.25) is 11.8 Å². The maximum atomic E-state index is 11.5. The van der Waals surface area contributed by atoms with Crippen LogP contribution in [0.5, 0.6) is 0 Å². The first-order valence-electron chi connectivity index (χ1n) is 6.41. The second-order valence-electron chi connectivity index (χ2n) is 4.54. The summed E-state index contributed by atoms with van der Waals surface area (Å²) in [6, 6.07) is 9.71. The van der Waals surface area contributed by atoms with Crippen LogP contribution >= 0.6 is 12.4 Å². The van der Waals surface area contributed by atoms with Gasteiger partial charge in [-0.3, -0.25) is 9.59 Å². The molecule has 1 atom stereocenters. The maximum Gasteiger partial charge on any atom is 0.239 e. The van der Waals surface area contributed by atoms with Crippen LogP contribution in [0.3, 0.4) is 0 Å². The molecular weight excluding hydrogens is 278 g/mol. The van der Waals surface area contributed by atoms with Gasteiger partial charge in [0.05, 0.1) is 6.54 Å². The molecule has 1 rings (SSSR count). The summed E-state index contributed by atoms with van der Waals surface area (Å²) in [4.78, 5) is 22.7. The molecule has 0 aliphatic heterocycles. The molecular formula is C14H22ClN3O2. The van der Waals surface area contributed by atoms with Crippen molar-refractivity contribution in [2.75, 3.05) is 13.1 Å². The van der Waals surface area contributed by atoms with Crippen molar-refractivity contribution in [3.05, 3.63) is 35.9 Å². The maximum absolute atomic E-state index is 11.5. The molecule has 1 aromatic carbocycles. The summed E-state index contributed by atoms with van der Waals surface area (Å²) in [5.41, 5.74) is 6.65. The zero-order valence-electron chi connectivity index (χ0n) is 11.6. The van der Waals surface area contributed by atoms with E-state index in [1.807, 2.05) is 30.3 Å². The van der Waals surface area contributed by atoms with Crippen LogP contribution in [-0.2, 0) is 16.0 Å². The van der Waals surface area contributed by atoms with Gasteiger partial charge in [0.25, 0.3) is 0 Å². The molecule has 1 aromatic rings. The molecule has 0 saturated heterocycles.